The van der Waals surface area contributed by atoms with Gasteiger partial charge in [-0.25, -0.2) is 0 Å². The van der Waals surface area contributed by atoms with Crippen molar-refractivity contribution in [3.05, 3.63) is 69.3 Å². The Morgan fingerprint density at radius 2 is 2.00 bits per heavy atom. The molecule has 0 spiro atoms. The maximum atomic E-state index is 12.2. The Balaban J connectivity index is 1.87. The second-order valence-electron chi connectivity index (χ2n) is 5.66. The van der Waals surface area contributed by atoms with E-state index >= 15 is 0 Å². The first-order valence-electron chi connectivity index (χ1n) is 8.27. The third-order valence-electron chi connectivity index (χ3n) is 3.84. The minimum atomic E-state index is -0.452. The number of nitro benzene ring substituents is 1. The molecule has 0 aliphatic carbocycles. The normalized spacial score (nSPS) is 10.3. The van der Waals surface area contributed by atoms with Gasteiger partial charge in [0.15, 0.2) is 0 Å². The SMILES string of the molecule is CCOc1ccccc1CCCNC(=O)c1ccc([N+](=O)[O-])c(C)c1. The van der Waals surface area contributed by atoms with E-state index in [1.807, 2.05) is 31.2 Å². The lowest BCUT2D eigenvalue weighted by Gasteiger charge is -2.10. The van der Waals surface area contributed by atoms with Gasteiger partial charge in [-0.05, 0) is 50.5 Å². The molecule has 0 radical (unpaired) electrons. The first-order chi connectivity index (χ1) is 12.0. The van der Waals surface area contributed by atoms with Crippen molar-refractivity contribution >= 4 is 11.6 Å². The maximum absolute atomic E-state index is 12.2. The monoisotopic (exact) mass is 342 g/mol. The van der Waals surface area contributed by atoms with Crippen LogP contribution in [0.5, 0.6) is 5.75 Å². The van der Waals surface area contributed by atoms with E-state index in [-0.39, 0.29) is 11.6 Å². The molecule has 0 saturated heterocycles. The number of amides is 1. The standard InChI is InChI=1S/C19H22N2O4/c1-3-25-18-9-5-4-7-15(18)8-6-12-20-19(22)16-10-11-17(21(23)24)14(2)13-16/h4-5,7,9-11,13H,3,6,8,12H2,1-2H3,(H,20,22). The van der Waals surface area contributed by atoms with Gasteiger partial charge < -0.3 is 10.1 Å². The molecular weight excluding hydrogens is 320 g/mol. The summed E-state index contributed by atoms with van der Waals surface area (Å²) >= 11 is 0. The molecule has 0 saturated carbocycles. The molecule has 25 heavy (non-hydrogen) atoms. The van der Waals surface area contributed by atoms with Crippen LogP contribution < -0.4 is 10.1 Å². The van der Waals surface area contributed by atoms with E-state index in [2.05, 4.69) is 5.32 Å². The molecule has 1 N–H and O–H groups in total. The third-order valence-corrected chi connectivity index (χ3v) is 3.84. The highest BCUT2D eigenvalue weighted by Gasteiger charge is 2.13. The zero-order valence-corrected chi connectivity index (χ0v) is 14.5. The van der Waals surface area contributed by atoms with Gasteiger partial charge in [-0.15, -0.1) is 0 Å². The zero-order valence-electron chi connectivity index (χ0n) is 14.5. The lowest BCUT2D eigenvalue weighted by molar-refractivity contribution is -0.385. The van der Waals surface area contributed by atoms with Gasteiger partial charge in [0.05, 0.1) is 11.5 Å². The molecule has 0 aliphatic rings. The average molecular weight is 342 g/mol. The molecule has 0 heterocycles. The van der Waals surface area contributed by atoms with Gasteiger partial charge in [0.1, 0.15) is 5.75 Å². The summed E-state index contributed by atoms with van der Waals surface area (Å²) < 4.78 is 5.59. The Morgan fingerprint density at radius 3 is 2.68 bits per heavy atom. The fourth-order valence-corrected chi connectivity index (χ4v) is 2.59. The smallest absolute Gasteiger partial charge is 0.272 e. The van der Waals surface area contributed by atoms with Crippen LogP contribution in [0.1, 0.15) is 34.8 Å². The van der Waals surface area contributed by atoms with Gasteiger partial charge in [-0.3, -0.25) is 14.9 Å². The van der Waals surface area contributed by atoms with Gasteiger partial charge >= 0.3 is 0 Å². The van der Waals surface area contributed by atoms with E-state index in [1.54, 1.807) is 6.92 Å². The molecule has 1 amide bonds. The molecule has 6 heteroatoms. The topological polar surface area (TPSA) is 81.5 Å². The van der Waals surface area contributed by atoms with Crippen LogP contribution in [-0.4, -0.2) is 24.0 Å². The first kappa shape index (κ1) is 18.4. The van der Waals surface area contributed by atoms with Crippen LogP contribution in [0.25, 0.3) is 0 Å². The molecule has 0 bridgehead atoms. The van der Waals surface area contributed by atoms with E-state index in [0.717, 1.165) is 24.2 Å². The van der Waals surface area contributed by atoms with Crippen LogP contribution in [0, 0.1) is 17.0 Å². The van der Waals surface area contributed by atoms with Gasteiger partial charge in [-0.1, -0.05) is 18.2 Å². The summed E-state index contributed by atoms with van der Waals surface area (Å²) in [6, 6.07) is 12.2. The number of nitrogens with one attached hydrogen (secondary N) is 1. The second-order valence-corrected chi connectivity index (χ2v) is 5.66. The molecular formula is C19H22N2O4. The summed E-state index contributed by atoms with van der Waals surface area (Å²) in [5.74, 6) is 0.651. The summed E-state index contributed by atoms with van der Waals surface area (Å²) in [5.41, 5.74) is 2.04. The van der Waals surface area contributed by atoms with Crippen molar-refractivity contribution in [1.82, 2.24) is 5.32 Å². The van der Waals surface area contributed by atoms with E-state index in [9.17, 15) is 14.9 Å². The van der Waals surface area contributed by atoms with E-state index in [4.69, 9.17) is 4.74 Å². The third kappa shape index (κ3) is 5.04. The van der Waals surface area contributed by atoms with E-state index in [1.165, 1.54) is 18.2 Å². The minimum absolute atomic E-state index is 0.0177. The molecule has 0 unspecified atom stereocenters. The number of ether oxygens (including phenoxy) is 1. The molecule has 0 aliphatic heterocycles. The van der Waals surface area contributed by atoms with Crippen molar-refractivity contribution in [3.8, 4) is 5.75 Å². The summed E-state index contributed by atoms with van der Waals surface area (Å²) in [4.78, 5) is 22.5. The Morgan fingerprint density at radius 1 is 1.24 bits per heavy atom. The average Bonchev–Trinajstić information content (AvgIpc) is 2.59. The highest BCUT2D eigenvalue weighted by molar-refractivity contribution is 5.94. The highest BCUT2D eigenvalue weighted by atomic mass is 16.6. The predicted molar refractivity (Wildman–Crippen MR) is 96.1 cm³/mol. The lowest BCUT2D eigenvalue weighted by atomic mass is 10.1. The van der Waals surface area contributed by atoms with E-state index in [0.29, 0.717) is 24.3 Å². The van der Waals surface area contributed by atoms with Crippen molar-refractivity contribution in [1.29, 1.82) is 0 Å². The van der Waals surface area contributed by atoms with Gasteiger partial charge in [0.25, 0.3) is 11.6 Å². The number of rotatable bonds is 8. The largest absolute Gasteiger partial charge is 0.494 e. The molecule has 2 rings (SSSR count). The maximum Gasteiger partial charge on any atom is 0.272 e. The van der Waals surface area contributed by atoms with Gasteiger partial charge in [0, 0.05) is 23.7 Å². The summed E-state index contributed by atoms with van der Waals surface area (Å²) in [6.45, 7) is 4.71. The molecule has 0 atom stereocenters. The Bertz CT molecular complexity index is 759. The number of carbonyl (C=O) groups excluding carboxylic acids is 1. The summed E-state index contributed by atoms with van der Waals surface area (Å²) in [5, 5.41) is 13.7. The van der Waals surface area contributed by atoms with Crippen LogP contribution in [0.3, 0.4) is 0 Å². The summed E-state index contributed by atoms with van der Waals surface area (Å²) in [7, 11) is 0. The van der Waals surface area contributed by atoms with Crippen molar-refractivity contribution in [3.63, 3.8) is 0 Å². The highest BCUT2D eigenvalue weighted by Crippen LogP contribution is 2.20. The van der Waals surface area contributed by atoms with Crippen LogP contribution in [0.4, 0.5) is 5.69 Å². The summed E-state index contributed by atoms with van der Waals surface area (Å²) in [6.07, 6.45) is 1.58. The molecule has 132 valence electrons. The number of hydrogen-bond acceptors (Lipinski definition) is 4. The Labute approximate surface area is 147 Å². The van der Waals surface area contributed by atoms with E-state index < -0.39 is 4.92 Å². The van der Waals surface area contributed by atoms with Crippen LogP contribution in [0.2, 0.25) is 0 Å². The van der Waals surface area contributed by atoms with Crippen molar-refractivity contribution in [2.45, 2.75) is 26.7 Å². The number of para-hydroxylation sites is 1. The van der Waals surface area contributed by atoms with Crippen LogP contribution in [0.15, 0.2) is 42.5 Å². The van der Waals surface area contributed by atoms with Crippen molar-refractivity contribution in [2.75, 3.05) is 13.2 Å². The number of hydrogen-bond donors (Lipinski definition) is 1. The zero-order chi connectivity index (χ0) is 18.2. The molecule has 2 aromatic carbocycles. The Hall–Kier alpha value is -2.89. The number of benzene rings is 2. The molecule has 6 nitrogen and oxygen atoms in total. The van der Waals surface area contributed by atoms with Gasteiger partial charge in [-0.2, -0.15) is 0 Å². The number of nitrogens with zero attached hydrogens (tertiary/aromatic N) is 1. The van der Waals surface area contributed by atoms with Gasteiger partial charge in [0.2, 0.25) is 0 Å². The predicted octanol–water partition coefficient (Wildman–Crippen LogP) is 3.66. The number of nitro groups is 1. The minimum Gasteiger partial charge on any atom is -0.494 e. The van der Waals surface area contributed by atoms with Crippen LogP contribution in [-0.2, 0) is 6.42 Å². The van der Waals surface area contributed by atoms with Crippen LogP contribution >= 0.6 is 0 Å². The first-order valence-corrected chi connectivity index (χ1v) is 8.27. The lowest BCUT2D eigenvalue weighted by Crippen LogP contribution is -2.24. The fraction of sp³-hybridized carbons (Fsp3) is 0.316. The second kappa shape index (κ2) is 8.82. The molecule has 0 fully saturated rings. The van der Waals surface area contributed by atoms with Crippen molar-refractivity contribution < 1.29 is 14.5 Å². The molecule has 0 aromatic heterocycles. The van der Waals surface area contributed by atoms with Crippen molar-refractivity contribution in [2.24, 2.45) is 0 Å². The fourth-order valence-electron chi connectivity index (χ4n) is 2.59. The Kier molecular flexibility index (Phi) is 6.51. The quantitative estimate of drug-likeness (QED) is 0.451. The molecule has 2 aromatic rings. The number of aryl methyl sites for hydroxylation is 2. The number of carbonyl (C=O) groups is 1.